The molecule has 0 aliphatic heterocycles. The van der Waals surface area contributed by atoms with Crippen LogP contribution in [0.2, 0.25) is 0 Å². The van der Waals surface area contributed by atoms with Crippen LogP contribution in [0.15, 0.2) is 18.2 Å². The van der Waals surface area contributed by atoms with E-state index in [2.05, 4.69) is 61.8 Å². The van der Waals surface area contributed by atoms with Gasteiger partial charge in [-0.15, -0.1) is 0 Å². The summed E-state index contributed by atoms with van der Waals surface area (Å²) >= 11 is 3.96. The maximum Gasteiger partial charge on any atom is 0.0431 e. The normalized spacial score (nSPS) is 24.9. The Morgan fingerprint density at radius 3 is 2.53 bits per heavy atom. The molecule has 1 fully saturated rings. The molecule has 17 heavy (non-hydrogen) atoms. The summed E-state index contributed by atoms with van der Waals surface area (Å²) in [5.41, 5.74) is 4.74. The Hall–Kier alpha value is -0.300. The van der Waals surface area contributed by atoms with Crippen molar-refractivity contribution < 1.29 is 0 Å². The van der Waals surface area contributed by atoms with Crippen molar-refractivity contribution in [2.24, 2.45) is 11.3 Å². The zero-order valence-electron chi connectivity index (χ0n) is 11.4. The van der Waals surface area contributed by atoms with Gasteiger partial charge in [0.1, 0.15) is 0 Å². The van der Waals surface area contributed by atoms with Crippen LogP contribution in [0.25, 0.3) is 0 Å². The van der Waals surface area contributed by atoms with Gasteiger partial charge in [0.15, 0.2) is 0 Å². The molecular formula is C16H23Br. The fourth-order valence-corrected chi connectivity index (χ4v) is 4.74. The minimum atomic E-state index is 0.478. The summed E-state index contributed by atoms with van der Waals surface area (Å²) in [5.74, 6) is 0.768. The van der Waals surface area contributed by atoms with Crippen molar-refractivity contribution in [2.75, 3.05) is 0 Å². The van der Waals surface area contributed by atoms with E-state index in [1.807, 2.05) is 0 Å². The van der Waals surface area contributed by atoms with Crippen molar-refractivity contribution in [3.05, 3.63) is 34.9 Å². The molecule has 0 amide bonds. The molecule has 0 bridgehead atoms. The topological polar surface area (TPSA) is 0 Å². The molecule has 0 N–H and O–H groups in total. The van der Waals surface area contributed by atoms with E-state index in [0.29, 0.717) is 10.2 Å². The lowest BCUT2D eigenvalue weighted by Gasteiger charge is -2.32. The lowest BCUT2D eigenvalue weighted by molar-refractivity contribution is 0.257. The van der Waals surface area contributed by atoms with Gasteiger partial charge in [0.2, 0.25) is 0 Å². The third-order valence-electron chi connectivity index (χ3n) is 4.42. The van der Waals surface area contributed by atoms with Crippen molar-refractivity contribution >= 4 is 15.9 Å². The third-order valence-corrected chi connectivity index (χ3v) is 5.55. The molecular weight excluding hydrogens is 272 g/mol. The number of aryl methyl sites for hydroxylation is 2. The molecule has 1 aromatic carbocycles. The molecule has 0 nitrogen and oxygen atoms in total. The second-order valence-electron chi connectivity index (χ2n) is 6.25. The smallest absolute Gasteiger partial charge is 0.0431 e. The number of benzene rings is 1. The van der Waals surface area contributed by atoms with E-state index in [4.69, 9.17) is 0 Å². The fourth-order valence-electron chi connectivity index (χ4n) is 3.25. The predicted octanol–water partition coefficient (Wildman–Crippen LogP) is 5.57. The van der Waals surface area contributed by atoms with Crippen LogP contribution in [0.3, 0.4) is 0 Å². The minimum absolute atomic E-state index is 0.478. The van der Waals surface area contributed by atoms with Gasteiger partial charge < -0.3 is 0 Å². The SMILES string of the molecule is Cc1ccc(C(Br)C2CCCC2(C)C)c(C)c1. The minimum Gasteiger partial charge on any atom is -0.0835 e. The van der Waals surface area contributed by atoms with Crippen LogP contribution >= 0.6 is 15.9 Å². The highest BCUT2D eigenvalue weighted by molar-refractivity contribution is 9.09. The molecule has 2 rings (SSSR count). The molecule has 94 valence electrons. The van der Waals surface area contributed by atoms with Crippen LogP contribution in [0, 0.1) is 25.2 Å². The van der Waals surface area contributed by atoms with E-state index in [1.165, 1.54) is 36.0 Å². The van der Waals surface area contributed by atoms with Crippen LogP contribution in [0.1, 0.15) is 54.6 Å². The molecule has 0 spiro atoms. The quantitative estimate of drug-likeness (QED) is 0.626. The average molecular weight is 295 g/mol. The first-order valence-corrected chi connectivity index (χ1v) is 7.54. The van der Waals surface area contributed by atoms with Gasteiger partial charge in [-0.2, -0.15) is 0 Å². The Bertz CT molecular complexity index is 406. The molecule has 2 unspecified atom stereocenters. The molecule has 1 aromatic rings. The molecule has 1 aliphatic rings. The Kier molecular flexibility index (Phi) is 3.68. The van der Waals surface area contributed by atoms with E-state index in [0.717, 1.165) is 5.92 Å². The summed E-state index contributed by atoms with van der Waals surface area (Å²) in [5, 5.41) is 0. The molecule has 0 aromatic heterocycles. The lowest BCUT2D eigenvalue weighted by atomic mass is 9.78. The van der Waals surface area contributed by atoms with Gasteiger partial charge in [0.05, 0.1) is 0 Å². The lowest BCUT2D eigenvalue weighted by Crippen LogP contribution is -2.21. The largest absolute Gasteiger partial charge is 0.0835 e. The number of halogens is 1. The van der Waals surface area contributed by atoms with Crippen LogP contribution < -0.4 is 0 Å². The van der Waals surface area contributed by atoms with Crippen LogP contribution in [-0.2, 0) is 0 Å². The number of hydrogen-bond acceptors (Lipinski definition) is 0. The zero-order valence-corrected chi connectivity index (χ0v) is 13.0. The summed E-state index contributed by atoms with van der Waals surface area (Å²) in [6, 6.07) is 6.84. The molecule has 1 saturated carbocycles. The molecule has 1 aliphatic carbocycles. The monoisotopic (exact) mass is 294 g/mol. The van der Waals surface area contributed by atoms with Crippen molar-refractivity contribution in [3.8, 4) is 0 Å². The van der Waals surface area contributed by atoms with Gasteiger partial charge in [-0.3, -0.25) is 0 Å². The van der Waals surface area contributed by atoms with Gasteiger partial charge >= 0.3 is 0 Å². The summed E-state index contributed by atoms with van der Waals surface area (Å²) in [4.78, 5) is 0.514. The molecule has 2 atom stereocenters. The Morgan fingerprint density at radius 1 is 1.29 bits per heavy atom. The second-order valence-corrected chi connectivity index (χ2v) is 7.24. The number of rotatable bonds is 2. The van der Waals surface area contributed by atoms with Crippen molar-refractivity contribution in [2.45, 2.75) is 51.8 Å². The summed E-state index contributed by atoms with van der Waals surface area (Å²) in [7, 11) is 0. The van der Waals surface area contributed by atoms with Crippen molar-refractivity contribution in [1.29, 1.82) is 0 Å². The highest BCUT2D eigenvalue weighted by Gasteiger charge is 2.39. The Labute approximate surface area is 114 Å². The number of alkyl halides is 1. The van der Waals surface area contributed by atoms with Gasteiger partial charge in [0, 0.05) is 4.83 Å². The first kappa shape index (κ1) is 13.1. The highest BCUT2D eigenvalue weighted by atomic mass is 79.9. The predicted molar refractivity (Wildman–Crippen MR) is 78.7 cm³/mol. The zero-order chi connectivity index (χ0) is 12.6. The standard InChI is InChI=1S/C16H23Br/c1-11-7-8-13(12(2)10-11)15(17)14-6-5-9-16(14,3)4/h7-8,10,14-15H,5-6,9H2,1-4H3. The molecule has 0 radical (unpaired) electrons. The first-order valence-electron chi connectivity index (χ1n) is 6.63. The first-order chi connectivity index (χ1) is 7.92. The second kappa shape index (κ2) is 4.76. The summed E-state index contributed by atoms with van der Waals surface area (Å²) in [6.07, 6.45) is 4.10. The van der Waals surface area contributed by atoms with Crippen LogP contribution in [0.4, 0.5) is 0 Å². The maximum atomic E-state index is 3.96. The third kappa shape index (κ3) is 2.59. The van der Waals surface area contributed by atoms with Crippen LogP contribution in [-0.4, -0.2) is 0 Å². The number of hydrogen-bond donors (Lipinski definition) is 0. The van der Waals surface area contributed by atoms with E-state index in [-0.39, 0.29) is 0 Å². The molecule has 0 saturated heterocycles. The van der Waals surface area contributed by atoms with Gasteiger partial charge in [-0.1, -0.05) is 60.0 Å². The van der Waals surface area contributed by atoms with Gasteiger partial charge in [0.25, 0.3) is 0 Å². The molecule has 0 heterocycles. The van der Waals surface area contributed by atoms with Gasteiger partial charge in [-0.25, -0.2) is 0 Å². The summed E-state index contributed by atoms with van der Waals surface area (Å²) < 4.78 is 0. The average Bonchev–Trinajstić information content (AvgIpc) is 2.57. The highest BCUT2D eigenvalue weighted by Crippen LogP contribution is 2.52. The van der Waals surface area contributed by atoms with E-state index >= 15 is 0 Å². The maximum absolute atomic E-state index is 3.96. The van der Waals surface area contributed by atoms with Crippen molar-refractivity contribution in [3.63, 3.8) is 0 Å². The van der Waals surface area contributed by atoms with E-state index in [1.54, 1.807) is 0 Å². The Morgan fingerprint density at radius 2 is 2.00 bits per heavy atom. The summed E-state index contributed by atoms with van der Waals surface area (Å²) in [6.45, 7) is 9.24. The van der Waals surface area contributed by atoms with E-state index < -0.39 is 0 Å². The van der Waals surface area contributed by atoms with Crippen molar-refractivity contribution in [1.82, 2.24) is 0 Å². The fraction of sp³-hybridized carbons (Fsp3) is 0.625. The molecule has 1 heteroatoms. The van der Waals surface area contributed by atoms with Crippen LogP contribution in [0.5, 0.6) is 0 Å². The van der Waals surface area contributed by atoms with Gasteiger partial charge in [-0.05, 0) is 49.1 Å². The Balaban J connectivity index is 2.28. The van der Waals surface area contributed by atoms with E-state index in [9.17, 15) is 0 Å².